The topological polar surface area (TPSA) is 49.4 Å². The van der Waals surface area contributed by atoms with Crippen LogP contribution in [0.15, 0.2) is 48.5 Å². The van der Waals surface area contributed by atoms with E-state index in [4.69, 9.17) is 11.6 Å². The van der Waals surface area contributed by atoms with Gasteiger partial charge in [0.05, 0.1) is 0 Å². The maximum absolute atomic E-state index is 13.7. The molecule has 0 aliphatic carbocycles. The van der Waals surface area contributed by atoms with Crippen LogP contribution in [0.3, 0.4) is 0 Å². The van der Waals surface area contributed by atoms with Gasteiger partial charge < -0.3 is 10.2 Å². The summed E-state index contributed by atoms with van der Waals surface area (Å²) < 4.78 is 13.7. The van der Waals surface area contributed by atoms with E-state index in [9.17, 15) is 14.0 Å². The molecule has 1 saturated heterocycles. The van der Waals surface area contributed by atoms with Gasteiger partial charge in [-0.15, -0.1) is 0 Å². The monoisotopic (exact) mass is 374 g/mol. The average Bonchev–Trinajstić information content (AvgIpc) is 3.13. The lowest BCUT2D eigenvalue weighted by Crippen LogP contribution is -2.43. The van der Waals surface area contributed by atoms with Crippen LogP contribution in [0.25, 0.3) is 0 Å². The Balaban J connectivity index is 1.59. The second kappa shape index (κ2) is 8.32. The smallest absolute Gasteiger partial charge is 0.247 e. The van der Waals surface area contributed by atoms with Gasteiger partial charge in [-0.2, -0.15) is 0 Å². The molecule has 2 aromatic carbocycles. The van der Waals surface area contributed by atoms with E-state index in [1.165, 1.54) is 6.07 Å². The highest BCUT2D eigenvalue weighted by atomic mass is 35.5. The van der Waals surface area contributed by atoms with Crippen molar-refractivity contribution in [3.63, 3.8) is 0 Å². The summed E-state index contributed by atoms with van der Waals surface area (Å²) in [6, 6.07) is 12.8. The Hall–Kier alpha value is -2.40. The highest BCUT2D eigenvalue weighted by molar-refractivity contribution is 6.30. The number of anilines is 1. The van der Waals surface area contributed by atoms with E-state index >= 15 is 0 Å². The molecule has 0 aromatic heterocycles. The normalized spacial score (nSPS) is 16.5. The van der Waals surface area contributed by atoms with Gasteiger partial charge in [-0.1, -0.05) is 29.8 Å². The number of nitrogens with one attached hydrogen (secondary N) is 1. The Labute approximate surface area is 157 Å². The van der Waals surface area contributed by atoms with Crippen molar-refractivity contribution in [2.24, 2.45) is 0 Å². The molecule has 26 heavy (non-hydrogen) atoms. The largest absolute Gasteiger partial charge is 0.331 e. The maximum atomic E-state index is 13.7. The van der Waals surface area contributed by atoms with Crippen molar-refractivity contribution < 1.29 is 14.0 Å². The third kappa shape index (κ3) is 4.41. The molecule has 6 heteroatoms. The molecule has 3 rings (SSSR count). The summed E-state index contributed by atoms with van der Waals surface area (Å²) in [5.74, 6) is -0.634. The quantitative estimate of drug-likeness (QED) is 0.858. The van der Waals surface area contributed by atoms with Crippen LogP contribution in [0.5, 0.6) is 0 Å². The number of amides is 2. The minimum Gasteiger partial charge on any atom is -0.331 e. The summed E-state index contributed by atoms with van der Waals surface area (Å²) in [4.78, 5) is 26.7. The third-order valence-corrected chi connectivity index (χ3v) is 4.81. The Bertz CT molecular complexity index is 795. The Kier molecular flexibility index (Phi) is 5.89. The molecular weight excluding hydrogens is 355 g/mol. The summed E-state index contributed by atoms with van der Waals surface area (Å²) in [6.45, 7) is 0.550. The van der Waals surface area contributed by atoms with Crippen molar-refractivity contribution in [1.82, 2.24) is 4.90 Å². The first kappa shape index (κ1) is 18.4. The van der Waals surface area contributed by atoms with Gasteiger partial charge in [0, 0.05) is 23.7 Å². The minimum absolute atomic E-state index is 0.123. The van der Waals surface area contributed by atoms with Crippen LogP contribution < -0.4 is 5.32 Å². The molecule has 1 fully saturated rings. The fourth-order valence-corrected chi connectivity index (χ4v) is 3.31. The van der Waals surface area contributed by atoms with Crippen LogP contribution in [0.1, 0.15) is 24.8 Å². The molecule has 0 radical (unpaired) electrons. The van der Waals surface area contributed by atoms with Crippen LogP contribution in [-0.2, 0) is 16.0 Å². The van der Waals surface area contributed by atoms with Gasteiger partial charge in [0.2, 0.25) is 11.8 Å². The van der Waals surface area contributed by atoms with Crippen LogP contribution in [0, 0.1) is 5.82 Å². The molecule has 136 valence electrons. The van der Waals surface area contributed by atoms with E-state index in [1.54, 1.807) is 47.4 Å². The second-order valence-corrected chi connectivity index (χ2v) is 6.77. The summed E-state index contributed by atoms with van der Waals surface area (Å²) in [5.41, 5.74) is 1.16. The molecule has 4 nitrogen and oxygen atoms in total. The van der Waals surface area contributed by atoms with Crippen LogP contribution in [0.4, 0.5) is 10.1 Å². The van der Waals surface area contributed by atoms with Gasteiger partial charge in [0.15, 0.2) is 0 Å². The fourth-order valence-electron chi connectivity index (χ4n) is 3.18. The number of hydrogen-bond acceptors (Lipinski definition) is 2. The standard InChI is InChI=1S/C20H20ClFN2O2/c21-15-8-10-16(11-9-15)23-20(26)18-6-3-13-24(18)19(25)12-7-14-4-1-2-5-17(14)22/h1-2,4-5,8-11,18H,3,6-7,12-13H2,(H,23,26). The molecule has 2 aromatic rings. The molecule has 0 bridgehead atoms. The minimum atomic E-state index is -0.487. The van der Waals surface area contributed by atoms with E-state index in [-0.39, 0.29) is 24.1 Å². The van der Waals surface area contributed by atoms with Crippen molar-refractivity contribution >= 4 is 29.1 Å². The number of nitrogens with zero attached hydrogens (tertiary/aromatic N) is 1. The van der Waals surface area contributed by atoms with E-state index in [1.807, 2.05) is 0 Å². The van der Waals surface area contributed by atoms with Crippen molar-refractivity contribution in [2.45, 2.75) is 31.7 Å². The second-order valence-electron chi connectivity index (χ2n) is 6.33. The Morgan fingerprint density at radius 1 is 1.15 bits per heavy atom. The predicted molar refractivity (Wildman–Crippen MR) is 99.5 cm³/mol. The van der Waals surface area contributed by atoms with Gasteiger partial charge in [-0.3, -0.25) is 9.59 Å². The number of carbonyl (C=O) groups is 2. The molecule has 1 aliphatic rings. The molecule has 1 N–H and O–H groups in total. The highest BCUT2D eigenvalue weighted by Crippen LogP contribution is 2.22. The van der Waals surface area contributed by atoms with Crippen LogP contribution in [0.2, 0.25) is 5.02 Å². The number of carbonyl (C=O) groups excluding carboxylic acids is 2. The molecule has 1 unspecified atom stereocenters. The molecule has 1 atom stereocenters. The lowest BCUT2D eigenvalue weighted by molar-refractivity contribution is -0.136. The fraction of sp³-hybridized carbons (Fsp3) is 0.300. The first-order chi connectivity index (χ1) is 12.5. The zero-order valence-electron chi connectivity index (χ0n) is 14.3. The van der Waals surface area contributed by atoms with Gasteiger partial charge in [-0.25, -0.2) is 4.39 Å². The van der Waals surface area contributed by atoms with E-state index in [0.29, 0.717) is 35.7 Å². The van der Waals surface area contributed by atoms with Crippen LogP contribution >= 0.6 is 11.6 Å². The van der Waals surface area contributed by atoms with Crippen molar-refractivity contribution in [1.29, 1.82) is 0 Å². The van der Waals surface area contributed by atoms with Crippen molar-refractivity contribution in [2.75, 3.05) is 11.9 Å². The highest BCUT2D eigenvalue weighted by Gasteiger charge is 2.33. The number of hydrogen-bond donors (Lipinski definition) is 1. The number of likely N-dealkylation sites (tertiary alicyclic amines) is 1. The maximum Gasteiger partial charge on any atom is 0.247 e. The summed E-state index contributed by atoms with van der Waals surface area (Å²) in [5, 5.41) is 3.42. The van der Waals surface area contributed by atoms with Gasteiger partial charge in [0.1, 0.15) is 11.9 Å². The van der Waals surface area contributed by atoms with Gasteiger partial charge in [-0.05, 0) is 55.2 Å². The lowest BCUT2D eigenvalue weighted by Gasteiger charge is -2.24. The molecule has 2 amide bonds. The summed E-state index contributed by atoms with van der Waals surface area (Å²) >= 11 is 5.84. The molecule has 1 aliphatic heterocycles. The van der Waals surface area contributed by atoms with Gasteiger partial charge in [0.25, 0.3) is 0 Å². The first-order valence-electron chi connectivity index (χ1n) is 8.64. The predicted octanol–water partition coefficient (Wildman–Crippen LogP) is 4.04. The molecule has 1 heterocycles. The molecular formula is C20H20ClFN2O2. The first-order valence-corrected chi connectivity index (χ1v) is 9.01. The Morgan fingerprint density at radius 3 is 2.62 bits per heavy atom. The van der Waals surface area contributed by atoms with E-state index in [2.05, 4.69) is 5.32 Å². The summed E-state index contributed by atoms with van der Waals surface area (Å²) in [7, 11) is 0. The lowest BCUT2D eigenvalue weighted by atomic mass is 10.1. The zero-order valence-corrected chi connectivity index (χ0v) is 15.0. The van der Waals surface area contributed by atoms with E-state index in [0.717, 1.165) is 6.42 Å². The Morgan fingerprint density at radius 2 is 1.88 bits per heavy atom. The van der Waals surface area contributed by atoms with Gasteiger partial charge >= 0.3 is 0 Å². The van der Waals surface area contributed by atoms with Crippen molar-refractivity contribution in [3.8, 4) is 0 Å². The zero-order chi connectivity index (χ0) is 18.5. The number of aryl methyl sites for hydroxylation is 1. The van der Waals surface area contributed by atoms with E-state index < -0.39 is 6.04 Å². The SMILES string of the molecule is O=C(Nc1ccc(Cl)cc1)C1CCCN1C(=O)CCc1ccccc1F. The number of halogens is 2. The van der Waals surface area contributed by atoms with Crippen LogP contribution in [-0.4, -0.2) is 29.3 Å². The molecule has 0 spiro atoms. The van der Waals surface area contributed by atoms with Crippen molar-refractivity contribution in [3.05, 3.63) is 64.9 Å². The third-order valence-electron chi connectivity index (χ3n) is 4.55. The summed E-state index contributed by atoms with van der Waals surface area (Å²) in [6.07, 6.45) is 1.92. The number of benzene rings is 2. The molecule has 0 saturated carbocycles. The number of rotatable bonds is 5. The average molecular weight is 375 g/mol.